The van der Waals surface area contributed by atoms with Crippen LogP contribution in [0.3, 0.4) is 0 Å². The number of carbonyl (C=O) groups excluding carboxylic acids is 1. The second-order valence-electron chi connectivity index (χ2n) is 5.16. The molecule has 1 saturated heterocycles. The first-order valence-corrected chi connectivity index (χ1v) is 7.73. The number of hydrogen-bond acceptors (Lipinski definition) is 4. The number of nitrogens with zero attached hydrogens (tertiary/aromatic N) is 2. The zero-order chi connectivity index (χ0) is 12.8. The van der Waals surface area contributed by atoms with Crippen molar-refractivity contribution in [2.75, 3.05) is 11.5 Å². The van der Waals surface area contributed by atoms with Crippen LogP contribution in [0.25, 0.3) is 0 Å². The van der Waals surface area contributed by atoms with Gasteiger partial charge in [-0.05, 0) is 26.7 Å². The van der Waals surface area contributed by atoms with Crippen molar-refractivity contribution >= 4 is 21.5 Å². The Kier molecular flexibility index (Phi) is 2.80. The summed E-state index contributed by atoms with van der Waals surface area (Å²) < 4.78 is 23.1. The van der Waals surface area contributed by atoms with E-state index in [1.54, 1.807) is 0 Å². The molecule has 1 fully saturated rings. The number of carbonyl (C=O) groups is 1. The van der Waals surface area contributed by atoms with Crippen LogP contribution in [0, 0.1) is 5.92 Å². The summed E-state index contributed by atoms with van der Waals surface area (Å²) >= 11 is 0. The van der Waals surface area contributed by atoms with Crippen molar-refractivity contribution in [1.82, 2.24) is 5.01 Å². The highest BCUT2D eigenvalue weighted by Gasteiger charge is 2.48. The quantitative estimate of drug-likeness (QED) is 0.736. The number of rotatable bonds is 2. The average molecular weight is 258 g/mol. The number of sulfone groups is 1. The van der Waals surface area contributed by atoms with Gasteiger partial charge in [0.05, 0.1) is 28.7 Å². The summed E-state index contributed by atoms with van der Waals surface area (Å²) in [6, 6.07) is 0. The topological polar surface area (TPSA) is 66.8 Å². The van der Waals surface area contributed by atoms with Crippen LogP contribution in [-0.4, -0.2) is 42.1 Å². The lowest BCUT2D eigenvalue weighted by molar-refractivity contribution is -0.136. The maximum absolute atomic E-state index is 12.1. The van der Waals surface area contributed by atoms with Crippen LogP contribution in [-0.2, 0) is 14.6 Å². The summed E-state index contributed by atoms with van der Waals surface area (Å²) in [5, 5.41) is 5.74. The Balaban J connectivity index is 2.31. The molecule has 0 radical (unpaired) electrons. The van der Waals surface area contributed by atoms with Gasteiger partial charge in [-0.2, -0.15) is 5.10 Å². The van der Waals surface area contributed by atoms with Crippen molar-refractivity contribution in [1.29, 1.82) is 0 Å². The molecule has 0 aromatic carbocycles. The first-order valence-electron chi connectivity index (χ1n) is 5.91. The summed E-state index contributed by atoms with van der Waals surface area (Å²) in [5.41, 5.74) is 0.196. The molecule has 96 valence electrons. The normalized spacial score (nSPS) is 36.4. The molecule has 2 unspecified atom stereocenters. The van der Waals surface area contributed by atoms with E-state index in [0.717, 1.165) is 12.1 Å². The fourth-order valence-corrected chi connectivity index (χ4v) is 4.62. The number of hydrogen-bond donors (Lipinski definition) is 0. The van der Waals surface area contributed by atoms with Crippen molar-refractivity contribution in [3.63, 3.8) is 0 Å². The minimum atomic E-state index is -3.02. The Morgan fingerprint density at radius 3 is 2.59 bits per heavy atom. The predicted octanol–water partition coefficient (Wildman–Crippen LogP) is 0.808. The molecule has 2 aliphatic rings. The highest BCUT2D eigenvalue weighted by molar-refractivity contribution is 7.91. The van der Waals surface area contributed by atoms with Crippen LogP contribution in [0.15, 0.2) is 5.10 Å². The van der Waals surface area contributed by atoms with Gasteiger partial charge < -0.3 is 0 Å². The van der Waals surface area contributed by atoms with E-state index in [2.05, 4.69) is 5.10 Å². The Morgan fingerprint density at radius 2 is 2.18 bits per heavy atom. The van der Waals surface area contributed by atoms with Crippen molar-refractivity contribution in [2.24, 2.45) is 11.0 Å². The fourth-order valence-electron chi connectivity index (χ4n) is 2.51. The molecule has 17 heavy (non-hydrogen) atoms. The third kappa shape index (κ3) is 1.99. The summed E-state index contributed by atoms with van der Waals surface area (Å²) in [5.74, 6) is -0.0981. The standard InChI is InChI=1S/C11H18N2O3S/c1-4-9-8(2)10(14)13(12-9)11(3)5-6-17(15,16)7-11/h8H,4-7H2,1-3H3. The van der Waals surface area contributed by atoms with Crippen molar-refractivity contribution < 1.29 is 13.2 Å². The monoisotopic (exact) mass is 258 g/mol. The minimum absolute atomic E-state index is 0.0267. The molecule has 0 bridgehead atoms. The Hall–Kier alpha value is -0.910. The number of hydrazone groups is 1. The first-order chi connectivity index (χ1) is 7.79. The molecule has 0 aromatic rings. The molecule has 0 N–H and O–H groups in total. The van der Waals surface area contributed by atoms with Crippen molar-refractivity contribution in [3.8, 4) is 0 Å². The van der Waals surface area contributed by atoms with Gasteiger partial charge in [-0.15, -0.1) is 0 Å². The third-order valence-corrected chi connectivity index (χ3v) is 5.55. The molecule has 6 heteroatoms. The van der Waals surface area contributed by atoms with Gasteiger partial charge >= 0.3 is 0 Å². The van der Waals surface area contributed by atoms with E-state index in [1.165, 1.54) is 5.01 Å². The molecule has 0 saturated carbocycles. The molecule has 0 spiro atoms. The van der Waals surface area contributed by atoms with Gasteiger partial charge in [0.15, 0.2) is 9.84 Å². The molecule has 0 aliphatic carbocycles. The maximum Gasteiger partial charge on any atom is 0.251 e. The fraction of sp³-hybridized carbons (Fsp3) is 0.818. The Labute approximate surface area is 102 Å². The minimum Gasteiger partial charge on any atom is -0.272 e. The largest absolute Gasteiger partial charge is 0.272 e. The maximum atomic E-state index is 12.1. The summed E-state index contributed by atoms with van der Waals surface area (Å²) in [6.45, 7) is 5.60. The predicted molar refractivity (Wildman–Crippen MR) is 65.4 cm³/mol. The van der Waals surface area contributed by atoms with Gasteiger partial charge in [0.1, 0.15) is 0 Å². The Morgan fingerprint density at radius 1 is 1.53 bits per heavy atom. The van der Waals surface area contributed by atoms with E-state index >= 15 is 0 Å². The van der Waals surface area contributed by atoms with Gasteiger partial charge in [-0.25, -0.2) is 13.4 Å². The highest BCUT2D eigenvalue weighted by atomic mass is 32.2. The third-order valence-electron chi connectivity index (χ3n) is 3.66. The summed E-state index contributed by atoms with van der Waals surface area (Å²) in [7, 11) is -3.02. The molecular formula is C11H18N2O3S. The van der Waals surface area contributed by atoms with E-state index in [4.69, 9.17) is 0 Å². The zero-order valence-corrected chi connectivity index (χ0v) is 11.2. The van der Waals surface area contributed by atoms with Crippen LogP contribution >= 0.6 is 0 Å². The Bertz CT molecular complexity index is 483. The first kappa shape index (κ1) is 12.5. The molecule has 5 nitrogen and oxygen atoms in total. The van der Waals surface area contributed by atoms with Crippen LogP contribution in [0.5, 0.6) is 0 Å². The molecule has 2 rings (SSSR count). The van der Waals surface area contributed by atoms with Gasteiger partial charge in [-0.1, -0.05) is 6.92 Å². The summed E-state index contributed by atoms with van der Waals surface area (Å²) in [6.07, 6.45) is 1.21. The van der Waals surface area contributed by atoms with Crippen molar-refractivity contribution in [3.05, 3.63) is 0 Å². The summed E-state index contributed by atoms with van der Waals surface area (Å²) in [4.78, 5) is 12.1. The van der Waals surface area contributed by atoms with Gasteiger partial charge in [0, 0.05) is 0 Å². The van der Waals surface area contributed by atoms with Gasteiger partial charge in [0.25, 0.3) is 5.91 Å². The molecule has 2 aliphatic heterocycles. The highest BCUT2D eigenvalue weighted by Crippen LogP contribution is 2.34. The van der Waals surface area contributed by atoms with E-state index in [0.29, 0.717) is 6.42 Å². The number of amides is 1. The van der Waals surface area contributed by atoms with Crippen LogP contribution < -0.4 is 0 Å². The van der Waals surface area contributed by atoms with E-state index < -0.39 is 15.4 Å². The molecule has 2 atom stereocenters. The lowest BCUT2D eigenvalue weighted by Crippen LogP contribution is -2.46. The van der Waals surface area contributed by atoms with E-state index in [9.17, 15) is 13.2 Å². The van der Waals surface area contributed by atoms with Crippen molar-refractivity contribution in [2.45, 2.75) is 39.2 Å². The molecule has 0 aromatic heterocycles. The van der Waals surface area contributed by atoms with Gasteiger partial charge in [0.2, 0.25) is 0 Å². The SMILES string of the molecule is CCC1=NN(C2(C)CCS(=O)(=O)C2)C(=O)C1C. The second kappa shape index (κ2) is 3.80. The molecule has 2 heterocycles. The lowest BCUT2D eigenvalue weighted by atomic mass is 9.99. The van der Waals surface area contributed by atoms with Crippen LogP contribution in [0.1, 0.15) is 33.6 Å². The molecular weight excluding hydrogens is 240 g/mol. The second-order valence-corrected chi connectivity index (χ2v) is 7.34. The van der Waals surface area contributed by atoms with Crippen LogP contribution in [0.4, 0.5) is 0 Å². The lowest BCUT2D eigenvalue weighted by Gasteiger charge is -2.30. The van der Waals surface area contributed by atoms with E-state index in [1.807, 2.05) is 20.8 Å². The smallest absolute Gasteiger partial charge is 0.251 e. The van der Waals surface area contributed by atoms with E-state index in [-0.39, 0.29) is 23.3 Å². The van der Waals surface area contributed by atoms with Gasteiger partial charge in [-0.3, -0.25) is 4.79 Å². The van der Waals surface area contributed by atoms with Crippen LogP contribution in [0.2, 0.25) is 0 Å². The zero-order valence-electron chi connectivity index (χ0n) is 10.4. The molecule has 1 amide bonds. The average Bonchev–Trinajstić information content (AvgIpc) is 2.68.